The second kappa shape index (κ2) is 14.2. The fraction of sp³-hybridized carbons (Fsp3) is 0.169. The lowest BCUT2D eigenvalue weighted by atomic mass is 9.57. The fourth-order valence-corrected chi connectivity index (χ4v) is 10.7. The minimum atomic E-state index is -0.424. The monoisotopic (exact) mass is 814 g/mol. The van der Waals surface area contributed by atoms with Crippen molar-refractivity contribution in [1.29, 1.82) is 0 Å². The summed E-state index contributed by atoms with van der Waals surface area (Å²) in [4.78, 5) is 10.4. The molecule has 4 nitrogen and oxygen atoms in total. The molecule has 8 bridgehead atoms. The number of benzene rings is 6. The summed E-state index contributed by atoms with van der Waals surface area (Å²) in [7, 11) is 0. The minimum Gasteiger partial charge on any atom is -0.285 e. The topological polar surface area (TPSA) is 54.5 Å². The van der Waals surface area contributed by atoms with Crippen molar-refractivity contribution in [3.63, 3.8) is 0 Å². The highest BCUT2D eigenvalue weighted by molar-refractivity contribution is 5.95. The van der Waals surface area contributed by atoms with Crippen LogP contribution < -0.4 is 0 Å². The minimum absolute atomic E-state index is 0.196. The highest BCUT2D eigenvalue weighted by atomic mass is 15.1. The number of rotatable bonds is 4. The van der Waals surface area contributed by atoms with Crippen LogP contribution in [0, 0.1) is 19.3 Å². The van der Waals surface area contributed by atoms with Gasteiger partial charge in [-0.25, -0.2) is 0 Å². The summed E-state index contributed by atoms with van der Waals surface area (Å²) in [6.07, 6.45) is 5.93. The summed E-state index contributed by atoms with van der Waals surface area (Å²) in [6.45, 7) is 16.5. The third kappa shape index (κ3) is 5.92. The van der Waals surface area contributed by atoms with Crippen molar-refractivity contribution in [3.05, 3.63) is 198 Å². The lowest BCUT2D eigenvalue weighted by Gasteiger charge is -2.46. The Morgan fingerprint density at radius 1 is 0.429 bits per heavy atom. The number of nitrogens with one attached hydrogen (secondary N) is 1. The lowest BCUT2D eigenvalue weighted by molar-refractivity contribution is 0.136. The number of hydrogen-bond donors (Lipinski definition) is 1. The maximum absolute atomic E-state index is 5.64. The van der Waals surface area contributed by atoms with E-state index in [4.69, 9.17) is 9.97 Å². The van der Waals surface area contributed by atoms with Gasteiger partial charge in [-0.1, -0.05) is 137 Å². The van der Waals surface area contributed by atoms with E-state index in [1.807, 2.05) is 18.6 Å². The predicted octanol–water partition coefficient (Wildman–Crippen LogP) is 15.1. The van der Waals surface area contributed by atoms with E-state index >= 15 is 0 Å². The highest BCUT2D eigenvalue weighted by Crippen LogP contribution is 2.65. The number of aryl methyl sites for hydroxylation is 2. The zero-order chi connectivity index (χ0) is 43.3. The maximum atomic E-state index is 5.64. The van der Waals surface area contributed by atoms with Crippen LogP contribution in [-0.2, 0) is 10.8 Å². The lowest BCUT2D eigenvalue weighted by Crippen LogP contribution is -2.45. The molecule has 6 aromatic carbocycles. The van der Waals surface area contributed by atoms with Gasteiger partial charge in [-0.2, -0.15) is 5.10 Å². The molecule has 306 valence electrons. The first-order valence-electron chi connectivity index (χ1n) is 22.1. The largest absolute Gasteiger partial charge is 0.285 e. The number of H-pyrrole nitrogens is 1. The van der Waals surface area contributed by atoms with Gasteiger partial charge in [0, 0.05) is 34.5 Å². The van der Waals surface area contributed by atoms with Crippen molar-refractivity contribution < 1.29 is 0 Å². The number of hydrogen-bond acceptors (Lipinski definition) is 3. The van der Waals surface area contributed by atoms with E-state index in [0.717, 1.165) is 67.2 Å². The molecule has 1 atom stereocenters. The van der Waals surface area contributed by atoms with Gasteiger partial charge in [0.25, 0.3) is 0 Å². The Morgan fingerprint density at radius 2 is 0.921 bits per heavy atom. The van der Waals surface area contributed by atoms with E-state index in [2.05, 4.69) is 210 Å². The Hall–Kier alpha value is -7.17. The molecule has 2 aliphatic heterocycles. The zero-order valence-corrected chi connectivity index (χ0v) is 37.0. The maximum Gasteiger partial charge on any atom is 0.0705 e. The van der Waals surface area contributed by atoms with Crippen molar-refractivity contribution in [2.75, 3.05) is 0 Å². The third-order valence-corrected chi connectivity index (χ3v) is 15.2. The van der Waals surface area contributed by atoms with E-state index in [9.17, 15) is 0 Å². The quantitative estimate of drug-likeness (QED) is 0.193. The molecule has 0 radical (unpaired) electrons. The molecule has 1 aliphatic carbocycles. The van der Waals surface area contributed by atoms with Crippen LogP contribution in [0.3, 0.4) is 0 Å². The molecule has 9 aromatic rings. The predicted molar refractivity (Wildman–Crippen MR) is 260 cm³/mol. The fourth-order valence-electron chi connectivity index (χ4n) is 10.7. The van der Waals surface area contributed by atoms with E-state index in [1.54, 1.807) is 0 Å². The molecular weight excluding hydrogens is 765 g/mol. The molecule has 0 amide bonds. The summed E-state index contributed by atoms with van der Waals surface area (Å²) in [6, 6.07) is 56.4. The summed E-state index contributed by atoms with van der Waals surface area (Å²) in [5, 5.41) is 7.64. The van der Waals surface area contributed by atoms with Gasteiger partial charge in [0.05, 0.1) is 23.3 Å². The summed E-state index contributed by atoms with van der Waals surface area (Å²) >= 11 is 0. The molecule has 3 aliphatic rings. The van der Waals surface area contributed by atoms with Crippen molar-refractivity contribution >= 4 is 0 Å². The van der Waals surface area contributed by atoms with Crippen LogP contribution in [0.25, 0.3) is 89.3 Å². The molecule has 5 heterocycles. The normalized spacial score (nSPS) is 16.5. The van der Waals surface area contributed by atoms with Gasteiger partial charge in [0.1, 0.15) is 0 Å². The van der Waals surface area contributed by atoms with Crippen LogP contribution in [0.1, 0.15) is 62.6 Å². The van der Waals surface area contributed by atoms with Gasteiger partial charge >= 0.3 is 0 Å². The van der Waals surface area contributed by atoms with Crippen molar-refractivity contribution in [3.8, 4) is 89.3 Å². The van der Waals surface area contributed by atoms with Gasteiger partial charge in [-0.15, -0.1) is 0 Å². The molecule has 0 saturated carbocycles. The Labute approximate surface area is 370 Å². The molecule has 0 fully saturated rings. The number of pyridine rings is 2. The molecule has 12 rings (SSSR count). The molecule has 1 N–H and O–H groups in total. The molecule has 3 aromatic heterocycles. The van der Waals surface area contributed by atoms with E-state index in [1.165, 1.54) is 50.1 Å². The average Bonchev–Trinajstić information content (AvgIpc) is 3.89. The Kier molecular flexibility index (Phi) is 8.72. The molecule has 63 heavy (non-hydrogen) atoms. The van der Waals surface area contributed by atoms with Gasteiger partial charge in [0.15, 0.2) is 0 Å². The summed E-state index contributed by atoms with van der Waals surface area (Å²) in [5.74, 6) is 0. The molecule has 0 spiro atoms. The number of aromatic amines is 1. The van der Waals surface area contributed by atoms with E-state index in [-0.39, 0.29) is 10.8 Å². The van der Waals surface area contributed by atoms with Gasteiger partial charge in [-0.05, 0) is 158 Å². The number of aromatic nitrogens is 4. The van der Waals surface area contributed by atoms with Crippen LogP contribution in [0.15, 0.2) is 170 Å². The standard InChI is InChI=1S/C59H50N4/c1-36-16-26-54(60-33-36)40-22-18-38(19-23-40)46-12-8-10-14-48(46)42-28-43-30-44(29-42)50-32-53-52(31-51(50)45-34-61-62-35-45)57(3,4)58(5,6)59(53,7)56-37(2)17-27-55(63-56)41-24-20-39(21-25-41)47-13-9-11-15-49(43)47/h8-35H,1-7H3,(H,61,62). The van der Waals surface area contributed by atoms with Crippen LogP contribution in [-0.4, -0.2) is 20.2 Å². The second-order valence-electron chi connectivity index (χ2n) is 18.9. The van der Waals surface area contributed by atoms with Gasteiger partial charge < -0.3 is 0 Å². The van der Waals surface area contributed by atoms with Gasteiger partial charge in [-0.3, -0.25) is 15.1 Å². The van der Waals surface area contributed by atoms with Crippen LogP contribution in [0.4, 0.5) is 0 Å². The van der Waals surface area contributed by atoms with Crippen LogP contribution in [0.2, 0.25) is 0 Å². The Bertz CT molecular complexity index is 3230. The second-order valence-corrected chi connectivity index (χ2v) is 18.9. The van der Waals surface area contributed by atoms with Crippen LogP contribution >= 0.6 is 0 Å². The SMILES string of the molecule is Cc1ccc(-c2ccc(-c3ccccc3-c3cc4cc(c3)-c3cc5c(cc3-c3cn[nH]c3)C(C)(C)C(C)(C)C5(C)c3nc(ccc3C)-c3ccc(cc3)-c3ccccc3-4)cc2)nc1. The van der Waals surface area contributed by atoms with Crippen molar-refractivity contribution in [1.82, 2.24) is 20.2 Å². The Balaban J connectivity index is 1.21. The first-order chi connectivity index (χ1) is 30.4. The molecule has 4 heteroatoms. The molecule has 1 unspecified atom stereocenters. The first-order valence-corrected chi connectivity index (χ1v) is 22.1. The summed E-state index contributed by atoms with van der Waals surface area (Å²) < 4.78 is 0. The molecule has 0 saturated heterocycles. The van der Waals surface area contributed by atoms with Gasteiger partial charge in [0.2, 0.25) is 0 Å². The Morgan fingerprint density at radius 3 is 1.46 bits per heavy atom. The third-order valence-electron chi connectivity index (χ3n) is 15.2. The molecular formula is C59H50N4. The zero-order valence-electron chi connectivity index (χ0n) is 37.0. The van der Waals surface area contributed by atoms with E-state index in [0.29, 0.717) is 0 Å². The highest BCUT2D eigenvalue weighted by Gasteiger charge is 2.61. The van der Waals surface area contributed by atoms with Crippen molar-refractivity contribution in [2.24, 2.45) is 5.41 Å². The number of nitrogens with zero attached hydrogens (tertiary/aromatic N) is 3. The van der Waals surface area contributed by atoms with E-state index < -0.39 is 5.41 Å². The van der Waals surface area contributed by atoms with Crippen molar-refractivity contribution in [2.45, 2.75) is 59.3 Å². The number of fused-ring (bicyclic) bond motifs is 2. The van der Waals surface area contributed by atoms with Crippen LogP contribution in [0.5, 0.6) is 0 Å². The average molecular weight is 815 g/mol. The summed E-state index contributed by atoms with van der Waals surface area (Å²) in [5.41, 5.74) is 23.4. The smallest absolute Gasteiger partial charge is 0.0705 e. The first kappa shape index (κ1) is 38.7.